The second-order valence-corrected chi connectivity index (χ2v) is 4.97. The molecule has 0 unspecified atom stereocenters. The van der Waals surface area contributed by atoms with Crippen molar-refractivity contribution in [1.29, 1.82) is 0 Å². The van der Waals surface area contributed by atoms with Gasteiger partial charge in [0, 0.05) is 5.56 Å². The number of para-hydroxylation sites is 1. The molecule has 0 fully saturated rings. The summed E-state index contributed by atoms with van der Waals surface area (Å²) < 4.78 is 15.1. The molecule has 0 amide bonds. The zero-order valence-electron chi connectivity index (χ0n) is 13.6. The van der Waals surface area contributed by atoms with Crippen LogP contribution in [0.15, 0.2) is 35.5 Å². The molecule has 10 heteroatoms. The number of rotatable bonds is 4. The first-order valence-corrected chi connectivity index (χ1v) is 7.25. The normalized spacial score (nSPS) is 14.4. The van der Waals surface area contributed by atoms with Crippen molar-refractivity contribution >= 4 is 17.6 Å². The summed E-state index contributed by atoms with van der Waals surface area (Å²) >= 11 is 0. The highest BCUT2D eigenvalue weighted by atomic mass is 16.5. The minimum atomic E-state index is -0.674. The van der Waals surface area contributed by atoms with E-state index in [-0.39, 0.29) is 24.6 Å². The van der Waals surface area contributed by atoms with Crippen LogP contribution in [-0.2, 0) is 23.8 Å². The number of carbonyl (C=O) groups is 2. The monoisotopic (exact) mass is 345 g/mol. The minimum absolute atomic E-state index is 0.0415. The van der Waals surface area contributed by atoms with Crippen LogP contribution in [0.4, 0.5) is 5.69 Å². The molecule has 3 rings (SSSR count). The molecule has 0 saturated heterocycles. The molecule has 130 valence electrons. The first-order valence-electron chi connectivity index (χ1n) is 7.25. The van der Waals surface area contributed by atoms with Gasteiger partial charge >= 0.3 is 11.9 Å². The maximum absolute atomic E-state index is 12.3. The van der Waals surface area contributed by atoms with Gasteiger partial charge in [0.25, 0.3) is 0 Å². The lowest BCUT2D eigenvalue weighted by molar-refractivity contribution is -0.140. The van der Waals surface area contributed by atoms with Gasteiger partial charge in [0.15, 0.2) is 0 Å². The van der Waals surface area contributed by atoms with Crippen LogP contribution in [0.3, 0.4) is 0 Å². The maximum Gasteiger partial charge on any atom is 0.355 e. The number of aromatic amines is 1. The lowest BCUT2D eigenvalue weighted by Gasteiger charge is -2.32. The van der Waals surface area contributed by atoms with E-state index >= 15 is 0 Å². The molecule has 1 N–H and O–H groups in total. The third-order valence-corrected chi connectivity index (χ3v) is 3.61. The van der Waals surface area contributed by atoms with Crippen molar-refractivity contribution in [2.45, 2.75) is 0 Å². The lowest BCUT2D eigenvalue weighted by Crippen LogP contribution is -2.39. The Morgan fingerprint density at radius 3 is 2.64 bits per heavy atom. The third kappa shape index (κ3) is 3.06. The number of aromatic nitrogens is 4. The van der Waals surface area contributed by atoms with E-state index in [1.54, 1.807) is 24.3 Å². The van der Waals surface area contributed by atoms with Crippen LogP contribution >= 0.6 is 0 Å². The number of nitrogens with one attached hydrogen (secondary N) is 1. The Kier molecular flexibility index (Phi) is 4.70. The van der Waals surface area contributed by atoms with Crippen LogP contribution < -0.4 is 4.90 Å². The van der Waals surface area contributed by atoms with Crippen LogP contribution in [-0.4, -0.2) is 60.1 Å². The molecule has 2 aromatic rings. The quantitative estimate of drug-likeness (QED) is 0.778. The van der Waals surface area contributed by atoms with Crippen molar-refractivity contribution in [3.8, 4) is 11.4 Å². The predicted octanol–water partition coefficient (Wildman–Crippen LogP) is 0.261. The van der Waals surface area contributed by atoms with Crippen molar-refractivity contribution in [3.05, 3.63) is 35.5 Å². The summed E-state index contributed by atoms with van der Waals surface area (Å²) in [5.74, 6) is -1.00. The molecule has 0 aliphatic carbocycles. The zero-order valence-corrected chi connectivity index (χ0v) is 13.6. The molecule has 1 aliphatic heterocycles. The number of H-pyrrole nitrogens is 1. The number of benzene rings is 1. The highest BCUT2D eigenvalue weighted by molar-refractivity contribution is 6.04. The fraction of sp³-hybridized carbons (Fsp3) is 0.267. The Balaban J connectivity index is 2.16. The summed E-state index contributed by atoms with van der Waals surface area (Å²) in [6, 6.07) is 7.09. The van der Waals surface area contributed by atoms with Crippen LogP contribution in [0, 0.1) is 0 Å². The Hall–Kier alpha value is -3.27. The van der Waals surface area contributed by atoms with Gasteiger partial charge in [-0.15, -0.1) is 10.2 Å². The number of anilines is 1. The second-order valence-electron chi connectivity index (χ2n) is 4.97. The molecule has 1 aromatic carbocycles. The van der Waals surface area contributed by atoms with E-state index in [4.69, 9.17) is 14.2 Å². The lowest BCUT2D eigenvalue weighted by atomic mass is 10.1. The molecule has 1 aliphatic rings. The number of nitrogens with zero attached hydrogens (tertiary/aromatic N) is 4. The van der Waals surface area contributed by atoms with Crippen LogP contribution in [0.1, 0.15) is 0 Å². The number of methoxy groups -OCH3 is 2. The highest BCUT2D eigenvalue weighted by Crippen LogP contribution is 2.33. The summed E-state index contributed by atoms with van der Waals surface area (Å²) in [6.45, 7) is -0.0161. The summed E-state index contributed by atoms with van der Waals surface area (Å²) in [5, 5.41) is 13.9. The largest absolute Gasteiger partial charge is 0.466 e. The number of tetrazole rings is 1. The molecule has 0 bridgehead atoms. The predicted molar refractivity (Wildman–Crippen MR) is 84.0 cm³/mol. The Morgan fingerprint density at radius 2 is 1.96 bits per heavy atom. The molecular weight excluding hydrogens is 330 g/mol. The number of carbonyl (C=O) groups excluding carboxylic acids is 2. The van der Waals surface area contributed by atoms with Gasteiger partial charge < -0.3 is 19.1 Å². The standard InChI is InChI=1S/C15H15N5O5/c1-23-14(21)10-7-25-8-20(12(10)15(22)24-2)11-6-4-3-5-9(11)13-16-18-19-17-13/h3-6H,7-8H2,1-2H3,(H,16,17,18,19). The van der Waals surface area contributed by atoms with E-state index in [1.807, 2.05) is 0 Å². The van der Waals surface area contributed by atoms with E-state index < -0.39 is 11.9 Å². The van der Waals surface area contributed by atoms with E-state index in [1.165, 1.54) is 19.1 Å². The number of ether oxygens (including phenoxy) is 3. The van der Waals surface area contributed by atoms with Crippen LogP contribution in [0.2, 0.25) is 0 Å². The van der Waals surface area contributed by atoms with E-state index in [9.17, 15) is 9.59 Å². The van der Waals surface area contributed by atoms with E-state index in [2.05, 4.69) is 20.6 Å². The third-order valence-electron chi connectivity index (χ3n) is 3.61. The van der Waals surface area contributed by atoms with Gasteiger partial charge in [-0.1, -0.05) is 12.1 Å². The fourth-order valence-corrected chi connectivity index (χ4v) is 2.51. The Morgan fingerprint density at radius 1 is 1.20 bits per heavy atom. The molecule has 1 aromatic heterocycles. The molecule has 25 heavy (non-hydrogen) atoms. The van der Waals surface area contributed by atoms with Crippen LogP contribution in [0.25, 0.3) is 11.4 Å². The smallest absolute Gasteiger partial charge is 0.355 e. The summed E-state index contributed by atoms with van der Waals surface area (Å²) in [7, 11) is 2.47. The van der Waals surface area contributed by atoms with Gasteiger partial charge in [0.05, 0.1) is 32.1 Å². The van der Waals surface area contributed by atoms with Gasteiger partial charge in [0.2, 0.25) is 5.82 Å². The first kappa shape index (κ1) is 16.6. The number of hydrogen-bond acceptors (Lipinski definition) is 9. The van der Waals surface area contributed by atoms with E-state index in [0.717, 1.165) is 0 Å². The maximum atomic E-state index is 12.3. The minimum Gasteiger partial charge on any atom is -0.466 e. The van der Waals surface area contributed by atoms with Gasteiger partial charge in [-0.05, 0) is 17.3 Å². The highest BCUT2D eigenvalue weighted by Gasteiger charge is 2.33. The molecule has 0 spiro atoms. The Labute approximate surface area is 142 Å². The summed E-state index contributed by atoms with van der Waals surface area (Å²) in [5.41, 5.74) is 1.29. The van der Waals surface area contributed by atoms with Crippen molar-refractivity contribution in [1.82, 2.24) is 20.6 Å². The van der Waals surface area contributed by atoms with Crippen molar-refractivity contribution < 1.29 is 23.8 Å². The Bertz CT molecular complexity index is 817. The molecule has 0 radical (unpaired) electrons. The molecular formula is C15H15N5O5. The SMILES string of the molecule is COC(=O)C1=C(C(=O)OC)N(c2ccccc2-c2nn[nH]n2)COC1. The van der Waals surface area contributed by atoms with Gasteiger partial charge in [-0.3, -0.25) is 0 Å². The number of esters is 2. The second kappa shape index (κ2) is 7.09. The molecule has 0 saturated carbocycles. The topological polar surface area (TPSA) is 120 Å². The molecule has 0 atom stereocenters. The first-order chi connectivity index (χ1) is 12.2. The average Bonchev–Trinajstić information content (AvgIpc) is 3.20. The van der Waals surface area contributed by atoms with Crippen LogP contribution in [0.5, 0.6) is 0 Å². The fourth-order valence-electron chi connectivity index (χ4n) is 2.51. The van der Waals surface area contributed by atoms with Gasteiger partial charge in [0.1, 0.15) is 12.4 Å². The summed E-state index contributed by atoms with van der Waals surface area (Å²) in [6.07, 6.45) is 0. The van der Waals surface area contributed by atoms with Gasteiger partial charge in [-0.25, -0.2) is 9.59 Å². The zero-order chi connectivity index (χ0) is 17.8. The van der Waals surface area contributed by atoms with Crippen molar-refractivity contribution in [2.24, 2.45) is 0 Å². The molecule has 10 nitrogen and oxygen atoms in total. The van der Waals surface area contributed by atoms with E-state index in [0.29, 0.717) is 17.1 Å². The van der Waals surface area contributed by atoms with Crippen molar-refractivity contribution in [3.63, 3.8) is 0 Å². The van der Waals surface area contributed by atoms with Gasteiger partial charge in [-0.2, -0.15) is 5.21 Å². The summed E-state index contributed by atoms with van der Waals surface area (Å²) in [4.78, 5) is 25.9. The number of hydrogen-bond donors (Lipinski definition) is 1. The average molecular weight is 345 g/mol. The van der Waals surface area contributed by atoms with Crippen molar-refractivity contribution in [2.75, 3.05) is 32.5 Å². The molecule has 2 heterocycles.